The van der Waals surface area contributed by atoms with E-state index < -0.39 is 20.7 Å². The zero-order chi connectivity index (χ0) is 20.3. The van der Waals surface area contributed by atoms with Gasteiger partial charge in [0.1, 0.15) is 12.0 Å². The molecule has 1 aromatic carbocycles. The average Bonchev–Trinajstić information content (AvgIpc) is 3.12. The summed E-state index contributed by atoms with van der Waals surface area (Å²) in [5, 5.41) is 13.1. The zero-order valence-electron chi connectivity index (χ0n) is 14.6. The highest BCUT2D eigenvalue weighted by molar-refractivity contribution is 7.91. The monoisotopic (exact) mass is 405 g/mol. The van der Waals surface area contributed by atoms with E-state index in [9.17, 15) is 23.3 Å². The molecule has 1 amide bonds. The Bertz CT molecular complexity index is 1140. The van der Waals surface area contributed by atoms with Gasteiger partial charge in [-0.3, -0.25) is 14.9 Å². The van der Waals surface area contributed by atoms with Crippen LogP contribution in [0.15, 0.2) is 46.7 Å². The largest absolute Gasteiger partial charge is 0.383 e. The predicted octanol–water partition coefficient (Wildman–Crippen LogP) is 1.08. The van der Waals surface area contributed by atoms with E-state index in [1.807, 2.05) is 0 Å². The maximum absolute atomic E-state index is 13.0. The molecule has 0 radical (unpaired) electrons. The van der Waals surface area contributed by atoms with Gasteiger partial charge >= 0.3 is 0 Å². The Kier molecular flexibility index (Phi) is 5.33. The highest BCUT2D eigenvalue weighted by Crippen LogP contribution is 2.28. The highest BCUT2D eigenvalue weighted by Gasteiger charge is 2.27. The molecule has 2 N–H and O–H groups in total. The second kappa shape index (κ2) is 7.70. The molecule has 0 bridgehead atoms. The van der Waals surface area contributed by atoms with Crippen molar-refractivity contribution >= 4 is 32.5 Å². The first-order chi connectivity index (χ1) is 13.4. The lowest BCUT2D eigenvalue weighted by Gasteiger charge is -2.07. The number of carbonyl (C=O) groups is 1. The number of hydrogen-bond acceptors (Lipinski definition) is 8. The van der Waals surface area contributed by atoms with Crippen molar-refractivity contribution in [3.05, 3.63) is 52.5 Å². The third-order valence-corrected chi connectivity index (χ3v) is 5.60. The predicted molar refractivity (Wildman–Crippen MR) is 96.6 cm³/mol. The number of nitrogens with zero attached hydrogens (tertiary/aromatic N) is 3. The van der Waals surface area contributed by atoms with Crippen LogP contribution in [0.4, 0.5) is 5.69 Å². The van der Waals surface area contributed by atoms with E-state index in [4.69, 9.17) is 4.74 Å². The van der Waals surface area contributed by atoms with Crippen molar-refractivity contribution in [1.29, 1.82) is 0 Å². The number of sulfone groups is 1. The van der Waals surface area contributed by atoms with Gasteiger partial charge in [-0.05, 0) is 12.1 Å². The highest BCUT2D eigenvalue weighted by atomic mass is 32.2. The molecule has 2 heterocycles. The molecule has 0 atom stereocenters. The van der Waals surface area contributed by atoms with Crippen molar-refractivity contribution in [2.45, 2.75) is 9.92 Å². The molecule has 0 fully saturated rings. The Hall–Kier alpha value is -3.38. The van der Waals surface area contributed by atoms with Gasteiger partial charge in [-0.15, -0.1) is 0 Å². The van der Waals surface area contributed by atoms with Gasteiger partial charge in [0.15, 0.2) is 5.03 Å². The first-order valence-corrected chi connectivity index (χ1v) is 9.43. The number of fused-ring (bicyclic) bond motifs is 1. The molecule has 3 aromatic rings. The van der Waals surface area contributed by atoms with Crippen molar-refractivity contribution in [3.8, 4) is 0 Å². The minimum Gasteiger partial charge on any atom is -0.383 e. The van der Waals surface area contributed by atoms with Gasteiger partial charge in [0.25, 0.3) is 11.6 Å². The number of hydrogen-bond donors (Lipinski definition) is 2. The maximum atomic E-state index is 13.0. The van der Waals surface area contributed by atoms with Crippen molar-refractivity contribution in [2.24, 2.45) is 0 Å². The van der Waals surface area contributed by atoms with Crippen molar-refractivity contribution in [2.75, 3.05) is 20.3 Å². The van der Waals surface area contributed by atoms with Crippen LogP contribution in [0.3, 0.4) is 0 Å². The number of nitro benzene ring substituents is 1. The summed E-state index contributed by atoms with van der Waals surface area (Å²) in [6.07, 6.45) is 2.40. The van der Waals surface area contributed by atoms with E-state index in [-0.39, 0.29) is 38.8 Å². The topological polar surface area (TPSA) is 157 Å². The van der Waals surface area contributed by atoms with Gasteiger partial charge in [0.05, 0.1) is 27.4 Å². The molecule has 0 aliphatic carbocycles. The summed E-state index contributed by atoms with van der Waals surface area (Å²) in [6, 6.07) is 4.40. The fourth-order valence-corrected chi connectivity index (χ4v) is 3.92. The minimum absolute atomic E-state index is 0.0377. The van der Waals surface area contributed by atoms with Crippen LogP contribution in [0.25, 0.3) is 11.0 Å². The third-order valence-electron chi connectivity index (χ3n) is 3.88. The Morgan fingerprint density at radius 3 is 2.64 bits per heavy atom. The fraction of sp³-hybridized carbons (Fsp3) is 0.188. The van der Waals surface area contributed by atoms with Crippen LogP contribution in [0, 0.1) is 10.1 Å². The second-order valence-corrected chi connectivity index (χ2v) is 7.47. The molecule has 12 heteroatoms. The number of rotatable bonds is 7. The number of ether oxygens (including phenoxy) is 1. The zero-order valence-corrected chi connectivity index (χ0v) is 15.4. The van der Waals surface area contributed by atoms with E-state index in [0.717, 1.165) is 30.6 Å². The number of aromatic nitrogens is 3. The van der Waals surface area contributed by atoms with Gasteiger partial charge in [0, 0.05) is 32.0 Å². The molecular formula is C16H15N5O6S. The number of amides is 1. The van der Waals surface area contributed by atoms with Crippen molar-refractivity contribution < 1.29 is 22.9 Å². The van der Waals surface area contributed by atoms with E-state index in [2.05, 4.69) is 20.3 Å². The number of nitrogens with one attached hydrogen (secondary N) is 2. The molecule has 11 nitrogen and oxygen atoms in total. The molecule has 0 unspecified atom stereocenters. The van der Waals surface area contributed by atoms with Gasteiger partial charge in [-0.2, -0.15) is 0 Å². The molecule has 0 saturated carbocycles. The Morgan fingerprint density at radius 1 is 1.29 bits per heavy atom. The van der Waals surface area contributed by atoms with Gasteiger partial charge in [-0.25, -0.2) is 18.4 Å². The summed E-state index contributed by atoms with van der Waals surface area (Å²) < 4.78 is 30.9. The standard InChI is InChI=1S/C16H15N5O6S/c1-27-7-6-17-15(22)12-8-18-14-13(12)16(20-9-19-14)28(25,26)11-4-2-10(3-5-11)21(23)24/h2-5,8-9H,6-7H2,1H3,(H,17,22)(H,18,19,20). The molecule has 2 aromatic heterocycles. The van der Waals surface area contributed by atoms with Crippen LogP contribution in [0.2, 0.25) is 0 Å². The van der Waals surface area contributed by atoms with Crippen LogP contribution >= 0.6 is 0 Å². The number of non-ortho nitro benzene ring substituents is 1. The summed E-state index contributed by atoms with van der Waals surface area (Å²) in [7, 11) is -2.67. The van der Waals surface area contributed by atoms with E-state index in [1.165, 1.54) is 13.3 Å². The normalized spacial score (nSPS) is 11.5. The minimum atomic E-state index is -4.16. The van der Waals surface area contributed by atoms with Gasteiger partial charge in [0.2, 0.25) is 9.84 Å². The second-order valence-electron chi connectivity index (χ2n) is 5.61. The number of nitro groups is 1. The average molecular weight is 405 g/mol. The fourth-order valence-electron chi connectivity index (χ4n) is 2.54. The smallest absolute Gasteiger partial charge is 0.269 e. The first-order valence-electron chi connectivity index (χ1n) is 7.95. The summed E-state index contributed by atoms with van der Waals surface area (Å²) in [5.41, 5.74) is -0.00814. The summed E-state index contributed by atoms with van der Waals surface area (Å²) in [6.45, 7) is 0.526. The third kappa shape index (κ3) is 3.54. The lowest BCUT2D eigenvalue weighted by Crippen LogP contribution is -2.27. The molecule has 0 aliphatic heterocycles. The summed E-state index contributed by atoms with van der Waals surface area (Å²) >= 11 is 0. The first kappa shape index (κ1) is 19.4. The molecule has 0 spiro atoms. The number of carbonyl (C=O) groups excluding carboxylic acids is 1. The van der Waals surface area contributed by atoms with Crippen molar-refractivity contribution in [1.82, 2.24) is 20.3 Å². The molecule has 28 heavy (non-hydrogen) atoms. The quantitative estimate of drug-likeness (QED) is 0.256. The van der Waals surface area contributed by atoms with Crippen LogP contribution in [0.1, 0.15) is 10.4 Å². The Balaban J connectivity index is 2.08. The molecule has 3 rings (SSSR count). The number of H-pyrrole nitrogens is 1. The Morgan fingerprint density at radius 2 is 2.00 bits per heavy atom. The van der Waals surface area contributed by atoms with Crippen LogP contribution in [0.5, 0.6) is 0 Å². The van der Waals surface area contributed by atoms with E-state index in [1.54, 1.807) is 0 Å². The lowest BCUT2D eigenvalue weighted by molar-refractivity contribution is -0.384. The number of aromatic amines is 1. The van der Waals surface area contributed by atoms with Gasteiger partial charge < -0.3 is 15.0 Å². The summed E-state index contributed by atoms with van der Waals surface area (Å²) in [5.74, 6) is -0.516. The molecule has 146 valence electrons. The van der Waals surface area contributed by atoms with Crippen LogP contribution in [-0.2, 0) is 14.6 Å². The van der Waals surface area contributed by atoms with Crippen molar-refractivity contribution in [3.63, 3.8) is 0 Å². The maximum Gasteiger partial charge on any atom is 0.269 e. The van der Waals surface area contributed by atoms with Crippen LogP contribution < -0.4 is 5.32 Å². The molecular weight excluding hydrogens is 390 g/mol. The lowest BCUT2D eigenvalue weighted by atomic mass is 10.2. The van der Waals surface area contributed by atoms with Gasteiger partial charge in [-0.1, -0.05) is 0 Å². The van der Waals surface area contributed by atoms with Crippen LogP contribution in [-0.4, -0.2) is 54.5 Å². The van der Waals surface area contributed by atoms with E-state index >= 15 is 0 Å². The Labute approximate surface area is 158 Å². The molecule has 0 aliphatic rings. The van der Waals surface area contributed by atoms with E-state index in [0.29, 0.717) is 6.61 Å². The number of benzene rings is 1. The summed E-state index contributed by atoms with van der Waals surface area (Å²) in [4.78, 5) is 33.0. The SMILES string of the molecule is COCCNC(=O)c1c[nH]c2ncnc(S(=O)(=O)c3ccc([N+](=O)[O-])cc3)c12. The molecule has 0 saturated heterocycles. The number of methoxy groups -OCH3 is 1.